The van der Waals surface area contributed by atoms with Crippen molar-refractivity contribution in [2.75, 3.05) is 6.54 Å². The maximum absolute atomic E-state index is 12.6. The highest BCUT2D eigenvalue weighted by Crippen LogP contribution is 2.28. The zero-order valence-electron chi connectivity index (χ0n) is 12.4. The SMILES string of the molecule is CCC1CCCCCN1C(=O)CC1CCCC(N)C1. The zero-order chi connectivity index (χ0) is 13.7. The molecule has 3 atom stereocenters. The number of nitrogens with zero attached hydrogens (tertiary/aromatic N) is 1. The summed E-state index contributed by atoms with van der Waals surface area (Å²) in [4.78, 5) is 14.8. The molecule has 1 aliphatic carbocycles. The van der Waals surface area contributed by atoms with Crippen LogP contribution in [0.15, 0.2) is 0 Å². The fourth-order valence-corrected chi connectivity index (χ4v) is 3.81. The molecule has 110 valence electrons. The molecular weight excluding hydrogens is 236 g/mol. The second-order valence-corrected chi connectivity index (χ2v) is 6.50. The molecular formula is C16H30N2O. The average molecular weight is 266 g/mol. The van der Waals surface area contributed by atoms with E-state index in [2.05, 4.69) is 11.8 Å². The summed E-state index contributed by atoms with van der Waals surface area (Å²) < 4.78 is 0. The molecule has 3 heteroatoms. The van der Waals surface area contributed by atoms with Crippen molar-refractivity contribution in [2.24, 2.45) is 11.7 Å². The highest BCUT2D eigenvalue weighted by Gasteiger charge is 2.28. The number of amides is 1. The van der Waals surface area contributed by atoms with Crippen molar-refractivity contribution in [1.29, 1.82) is 0 Å². The van der Waals surface area contributed by atoms with Crippen molar-refractivity contribution in [3.63, 3.8) is 0 Å². The smallest absolute Gasteiger partial charge is 0.223 e. The van der Waals surface area contributed by atoms with Gasteiger partial charge in [0.15, 0.2) is 0 Å². The van der Waals surface area contributed by atoms with Gasteiger partial charge in [0.05, 0.1) is 0 Å². The lowest BCUT2D eigenvalue weighted by Crippen LogP contribution is -2.41. The number of hydrogen-bond acceptors (Lipinski definition) is 2. The van der Waals surface area contributed by atoms with Gasteiger partial charge in [-0.3, -0.25) is 4.79 Å². The summed E-state index contributed by atoms with van der Waals surface area (Å²) in [5, 5.41) is 0. The van der Waals surface area contributed by atoms with E-state index in [-0.39, 0.29) is 0 Å². The molecule has 1 saturated heterocycles. The third kappa shape index (κ3) is 4.20. The molecule has 0 aromatic heterocycles. The second-order valence-electron chi connectivity index (χ2n) is 6.50. The topological polar surface area (TPSA) is 46.3 Å². The molecule has 0 bridgehead atoms. The van der Waals surface area contributed by atoms with Crippen LogP contribution in [0, 0.1) is 5.92 Å². The minimum Gasteiger partial charge on any atom is -0.340 e. The lowest BCUT2D eigenvalue weighted by Gasteiger charge is -2.32. The third-order valence-electron chi connectivity index (χ3n) is 4.96. The fourth-order valence-electron chi connectivity index (χ4n) is 3.81. The Hall–Kier alpha value is -0.570. The maximum atomic E-state index is 12.6. The Morgan fingerprint density at radius 3 is 2.74 bits per heavy atom. The molecule has 19 heavy (non-hydrogen) atoms. The first-order valence-corrected chi connectivity index (χ1v) is 8.25. The molecule has 3 unspecified atom stereocenters. The number of hydrogen-bond donors (Lipinski definition) is 1. The Bertz CT molecular complexity index is 292. The van der Waals surface area contributed by atoms with E-state index >= 15 is 0 Å². The van der Waals surface area contributed by atoms with Gasteiger partial charge in [-0.15, -0.1) is 0 Å². The van der Waals surface area contributed by atoms with Gasteiger partial charge in [0.2, 0.25) is 5.91 Å². The van der Waals surface area contributed by atoms with Crippen LogP contribution < -0.4 is 5.73 Å². The van der Waals surface area contributed by atoms with Crippen molar-refractivity contribution in [1.82, 2.24) is 4.90 Å². The summed E-state index contributed by atoms with van der Waals surface area (Å²) in [5.41, 5.74) is 6.03. The van der Waals surface area contributed by atoms with Crippen LogP contribution in [0.25, 0.3) is 0 Å². The molecule has 2 rings (SSSR count). The van der Waals surface area contributed by atoms with Crippen LogP contribution in [0.1, 0.15) is 71.1 Å². The minimum atomic E-state index is 0.331. The van der Waals surface area contributed by atoms with E-state index in [1.165, 1.54) is 38.5 Å². The van der Waals surface area contributed by atoms with E-state index in [9.17, 15) is 4.79 Å². The van der Waals surface area contributed by atoms with Gasteiger partial charge in [-0.2, -0.15) is 0 Å². The standard InChI is InChI=1S/C16H30N2O/c1-2-15-9-4-3-5-10-18(15)16(19)12-13-7-6-8-14(17)11-13/h13-15H,2-12,17H2,1H3. The van der Waals surface area contributed by atoms with Crippen LogP contribution in [0.2, 0.25) is 0 Å². The van der Waals surface area contributed by atoms with Gasteiger partial charge >= 0.3 is 0 Å². The maximum Gasteiger partial charge on any atom is 0.223 e. The summed E-state index contributed by atoms with van der Waals surface area (Å²) in [6, 6.07) is 0.824. The molecule has 1 heterocycles. The minimum absolute atomic E-state index is 0.331. The first-order chi connectivity index (χ1) is 9.20. The average Bonchev–Trinajstić information content (AvgIpc) is 2.63. The predicted octanol–water partition coefficient (Wildman–Crippen LogP) is 3.08. The normalized spacial score (nSPS) is 32.9. The molecule has 2 fully saturated rings. The summed E-state index contributed by atoms with van der Waals surface area (Å²) >= 11 is 0. The molecule has 1 aliphatic heterocycles. The van der Waals surface area contributed by atoms with E-state index in [0.717, 1.165) is 32.2 Å². The van der Waals surface area contributed by atoms with Crippen LogP contribution in [0.5, 0.6) is 0 Å². The van der Waals surface area contributed by atoms with E-state index in [0.29, 0.717) is 23.9 Å². The number of likely N-dealkylation sites (tertiary alicyclic amines) is 1. The second kappa shape index (κ2) is 7.28. The molecule has 0 aromatic carbocycles. The summed E-state index contributed by atoms with van der Waals surface area (Å²) in [6.45, 7) is 3.20. The quantitative estimate of drug-likeness (QED) is 0.853. The fraction of sp³-hybridized carbons (Fsp3) is 0.938. The zero-order valence-corrected chi connectivity index (χ0v) is 12.4. The Morgan fingerprint density at radius 2 is 2.00 bits per heavy atom. The molecule has 3 nitrogen and oxygen atoms in total. The van der Waals surface area contributed by atoms with Crippen LogP contribution >= 0.6 is 0 Å². The van der Waals surface area contributed by atoms with Gasteiger partial charge in [0.25, 0.3) is 0 Å². The van der Waals surface area contributed by atoms with E-state index in [1.807, 2.05) is 0 Å². The van der Waals surface area contributed by atoms with Crippen molar-refractivity contribution in [3.8, 4) is 0 Å². The van der Waals surface area contributed by atoms with Crippen molar-refractivity contribution < 1.29 is 4.79 Å². The molecule has 1 saturated carbocycles. The summed E-state index contributed by atoms with van der Waals surface area (Å²) in [6.07, 6.45) is 11.4. The van der Waals surface area contributed by atoms with Crippen LogP contribution in [0.3, 0.4) is 0 Å². The third-order valence-corrected chi connectivity index (χ3v) is 4.96. The van der Waals surface area contributed by atoms with E-state index in [1.54, 1.807) is 0 Å². The Balaban J connectivity index is 1.89. The first-order valence-electron chi connectivity index (χ1n) is 8.25. The van der Waals surface area contributed by atoms with Gasteiger partial charge in [-0.05, 0) is 44.4 Å². The van der Waals surface area contributed by atoms with Gasteiger partial charge in [0.1, 0.15) is 0 Å². The van der Waals surface area contributed by atoms with Crippen LogP contribution in [-0.2, 0) is 4.79 Å². The largest absolute Gasteiger partial charge is 0.340 e. The van der Waals surface area contributed by atoms with Gasteiger partial charge in [-0.25, -0.2) is 0 Å². The predicted molar refractivity (Wildman–Crippen MR) is 78.8 cm³/mol. The number of carbonyl (C=O) groups excluding carboxylic acids is 1. The number of nitrogens with two attached hydrogens (primary N) is 1. The van der Waals surface area contributed by atoms with Crippen molar-refractivity contribution >= 4 is 5.91 Å². The Morgan fingerprint density at radius 1 is 1.16 bits per heavy atom. The summed E-state index contributed by atoms with van der Waals surface area (Å²) in [5.74, 6) is 0.935. The molecule has 1 amide bonds. The van der Waals surface area contributed by atoms with Gasteiger partial charge < -0.3 is 10.6 Å². The molecule has 0 spiro atoms. The number of carbonyl (C=O) groups is 1. The monoisotopic (exact) mass is 266 g/mol. The van der Waals surface area contributed by atoms with Gasteiger partial charge in [-0.1, -0.05) is 26.2 Å². The Kier molecular flexibility index (Phi) is 5.68. The lowest BCUT2D eigenvalue weighted by atomic mass is 9.84. The number of rotatable bonds is 3. The Labute approximate surface area is 117 Å². The van der Waals surface area contributed by atoms with Gasteiger partial charge in [0, 0.05) is 25.0 Å². The van der Waals surface area contributed by atoms with Crippen LogP contribution in [-0.4, -0.2) is 29.4 Å². The molecule has 2 N–H and O–H groups in total. The van der Waals surface area contributed by atoms with E-state index in [4.69, 9.17) is 5.73 Å². The molecule has 2 aliphatic rings. The lowest BCUT2D eigenvalue weighted by molar-refractivity contribution is -0.134. The van der Waals surface area contributed by atoms with Crippen molar-refractivity contribution in [3.05, 3.63) is 0 Å². The molecule has 0 aromatic rings. The van der Waals surface area contributed by atoms with Crippen LogP contribution in [0.4, 0.5) is 0 Å². The van der Waals surface area contributed by atoms with E-state index < -0.39 is 0 Å². The summed E-state index contributed by atoms with van der Waals surface area (Å²) in [7, 11) is 0. The highest BCUT2D eigenvalue weighted by atomic mass is 16.2. The highest BCUT2D eigenvalue weighted by molar-refractivity contribution is 5.76. The first kappa shape index (κ1) is 14.8. The molecule has 0 radical (unpaired) electrons. The van der Waals surface area contributed by atoms with Crippen molar-refractivity contribution in [2.45, 2.75) is 83.2 Å².